The number of aromatic carboxylic acids is 1. The van der Waals surface area contributed by atoms with Crippen LogP contribution in [0.5, 0.6) is 0 Å². The summed E-state index contributed by atoms with van der Waals surface area (Å²) in [6.07, 6.45) is 5.37. The summed E-state index contributed by atoms with van der Waals surface area (Å²) in [4.78, 5) is 23.6. The maximum atomic E-state index is 12.1. The number of aromatic nitrogens is 4. The molecule has 0 atom stereocenters. The maximum absolute atomic E-state index is 12.1. The standard InChI is InChI=1S/C29H28N6O3/c1-38-22-13-20(14-22)27-26-23(19-7-8-25(31-17-19)34-11-9-18(16-30)10-12-34)15-24(29(36)37)32-28(26)35(33-27)21-5-3-2-4-6-21/h2-8,15,17-18,20,22H,9-14H2,1H3,(H,36,37)/t20-,22+. The van der Waals surface area contributed by atoms with Gasteiger partial charge in [-0.2, -0.15) is 10.4 Å². The van der Waals surface area contributed by atoms with E-state index in [0.717, 1.165) is 72.5 Å². The van der Waals surface area contributed by atoms with Crippen molar-refractivity contribution in [1.29, 1.82) is 5.26 Å². The number of benzene rings is 1. The van der Waals surface area contributed by atoms with Gasteiger partial charge in [0.2, 0.25) is 0 Å². The van der Waals surface area contributed by atoms with E-state index in [1.165, 1.54) is 0 Å². The fraction of sp³-hybridized carbons (Fsp3) is 0.345. The lowest BCUT2D eigenvalue weighted by Crippen LogP contribution is -2.33. The van der Waals surface area contributed by atoms with Gasteiger partial charge in [-0.25, -0.2) is 19.4 Å². The Morgan fingerprint density at radius 3 is 2.53 bits per heavy atom. The van der Waals surface area contributed by atoms with Crippen LogP contribution < -0.4 is 4.90 Å². The molecule has 6 rings (SSSR count). The number of pyridine rings is 2. The first-order valence-corrected chi connectivity index (χ1v) is 12.9. The molecule has 1 aliphatic carbocycles. The van der Waals surface area contributed by atoms with Crippen molar-refractivity contribution in [1.82, 2.24) is 19.7 Å². The van der Waals surface area contributed by atoms with Crippen LogP contribution in [-0.4, -0.2) is 57.1 Å². The van der Waals surface area contributed by atoms with Crippen molar-refractivity contribution in [3.63, 3.8) is 0 Å². The van der Waals surface area contributed by atoms with Crippen LogP contribution >= 0.6 is 0 Å². The second-order valence-corrected chi connectivity index (χ2v) is 10.0. The van der Waals surface area contributed by atoms with Gasteiger partial charge in [-0.05, 0) is 61.6 Å². The number of methoxy groups -OCH3 is 1. The quantitative estimate of drug-likeness (QED) is 0.394. The third kappa shape index (κ3) is 4.27. The number of para-hydroxylation sites is 1. The van der Waals surface area contributed by atoms with E-state index in [1.54, 1.807) is 24.1 Å². The Morgan fingerprint density at radius 2 is 1.89 bits per heavy atom. The summed E-state index contributed by atoms with van der Waals surface area (Å²) in [6, 6.07) is 17.6. The third-order valence-corrected chi connectivity index (χ3v) is 7.76. The van der Waals surface area contributed by atoms with E-state index in [2.05, 4.69) is 16.0 Å². The van der Waals surface area contributed by atoms with Crippen LogP contribution in [0.3, 0.4) is 0 Å². The highest BCUT2D eigenvalue weighted by Crippen LogP contribution is 2.44. The summed E-state index contributed by atoms with van der Waals surface area (Å²) in [5.41, 5.74) is 3.77. The van der Waals surface area contributed by atoms with Gasteiger partial charge in [-0.3, -0.25) is 0 Å². The zero-order valence-electron chi connectivity index (χ0n) is 21.1. The highest BCUT2D eigenvalue weighted by Gasteiger charge is 2.35. The highest BCUT2D eigenvalue weighted by molar-refractivity contribution is 6.00. The lowest BCUT2D eigenvalue weighted by molar-refractivity contribution is 0.0250. The number of ether oxygens (including phenoxy) is 1. The molecule has 1 aliphatic heterocycles. The van der Waals surface area contributed by atoms with Crippen LogP contribution in [0.1, 0.15) is 47.8 Å². The van der Waals surface area contributed by atoms with E-state index < -0.39 is 5.97 Å². The van der Waals surface area contributed by atoms with Crippen molar-refractivity contribution in [2.45, 2.75) is 37.7 Å². The van der Waals surface area contributed by atoms with E-state index in [-0.39, 0.29) is 23.6 Å². The van der Waals surface area contributed by atoms with Crippen LogP contribution in [0.25, 0.3) is 27.8 Å². The third-order valence-electron chi connectivity index (χ3n) is 7.76. The molecule has 1 aromatic carbocycles. The van der Waals surface area contributed by atoms with Crippen molar-refractivity contribution < 1.29 is 14.6 Å². The lowest BCUT2D eigenvalue weighted by Gasteiger charge is -2.33. The van der Waals surface area contributed by atoms with Crippen molar-refractivity contribution in [2.75, 3.05) is 25.1 Å². The Morgan fingerprint density at radius 1 is 1.13 bits per heavy atom. The fourth-order valence-corrected chi connectivity index (χ4v) is 5.47. The van der Waals surface area contributed by atoms with Crippen molar-refractivity contribution in [3.05, 3.63) is 66.1 Å². The number of piperidine rings is 1. The predicted molar refractivity (Wildman–Crippen MR) is 142 cm³/mol. The van der Waals surface area contributed by atoms with E-state index in [1.807, 2.05) is 42.5 Å². The van der Waals surface area contributed by atoms with Crippen LogP contribution in [0.15, 0.2) is 54.7 Å². The first-order valence-electron chi connectivity index (χ1n) is 12.9. The number of anilines is 1. The number of carboxylic acid groups (broad SMARTS) is 1. The minimum absolute atomic E-state index is 0.0397. The van der Waals surface area contributed by atoms with Gasteiger partial charge in [0.25, 0.3) is 0 Å². The topological polar surface area (TPSA) is 117 Å². The van der Waals surface area contributed by atoms with Crippen LogP contribution in [0.2, 0.25) is 0 Å². The van der Waals surface area contributed by atoms with Gasteiger partial charge in [0.05, 0.1) is 28.9 Å². The molecule has 4 aromatic rings. The summed E-state index contributed by atoms with van der Waals surface area (Å²) in [5.74, 6) is 0.0609. The molecule has 1 saturated carbocycles. The number of carboxylic acids is 1. The summed E-state index contributed by atoms with van der Waals surface area (Å²) in [5, 5.41) is 25.0. The van der Waals surface area contributed by atoms with Gasteiger partial charge in [-0.15, -0.1) is 0 Å². The molecule has 2 fully saturated rings. The minimum Gasteiger partial charge on any atom is -0.477 e. The molecule has 3 aromatic heterocycles. The summed E-state index contributed by atoms with van der Waals surface area (Å²) in [6.45, 7) is 1.59. The molecule has 0 spiro atoms. The molecule has 0 bridgehead atoms. The van der Waals surface area contributed by atoms with Crippen molar-refractivity contribution >= 4 is 22.8 Å². The predicted octanol–water partition coefficient (Wildman–Crippen LogP) is 4.81. The normalized spacial score (nSPS) is 19.7. The fourth-order valence-electron chi connectivity index (χ4n) is 5.47. The van der Waals surface area contributed by atoms with Crippen molar-refractivity contribution in [2.24, 2.45) is 5.92 Å². The molecular formula is C29H28N6O3. The number of nitriles is 1. The van der Waals surface area contributed by atoms with Crippen LogP contribution in [0.4, 0.5) is 5.82 Å². The smallest absolute Gasteiger partial charge is 0.354 e. The minimum atomic E-state index is -1.09. The average Bonchev–Trinajstić information content (AvgIpc) is 3.32. The Labute approximate surface area is 220 Å². The Bertz CT molecular complexity index is 1510. The lowest BCUT2D eigenvalue weighted by atomic mass is 9.78. The number of fused-ring (bicyclic) bond motifs is 1. The zero-order valence-corrected chi connectivity index (χ0v) is 21.1. The number of nitrogens with zero attached hydrogens (tertiary/aromatic N) is 6. The maximum Gasteiger partial charge on any atom is 0.354 e. The first kappa shape index (κ1) is 24.1. The molecule has 9 heteroatoms. The summed E-state index contributed by atoms with van der Waals surface area (Å²) in [7, 11) is 1.73. The van der Waals surface area contributed by atoms with Gasteiger partial charge in [0, 0.05) is 43.8 Å². The summed E-state index contributed by atoms with van der Waals surface area (Å²) >= 11 is 0. The van der Waals surface area contributed by atoms with Gasteiger partial charge in [-0.1, -0.05) is 18.2 Å². The molecule has 4 heterocycles. The molecule has 0 unspecified atom stereocenters. The second kappa shape index (κ2) is 9.88. The van der Waals surface area contributed by atoms with Crippen LogP contribution in [0, 0.1) is 17.2 Å². The Kier molecular flexibility index (Phi) is 6.26. The molecule has 1 N–H and O–H groups in total. The van der Waals surface area contributed by atoms with E-state index in [0.29, 0.717) is 5.65 Å². The molecule has 9 nitrogen and oxygen atoms in total. The number of hydrogen-bond donors (Lipinski definition) is 1. The SMILES string of the molecule is CO[C@H]1C[C@@H](c2nn(-c3ccccc3)c3nc(C(=O)O)cc(-c4ccc(N5CCC(C#N)CC5)nc4)c32)C1. The monoisotopic (exact) mass is 508 g/mol. The molecule has 38 heavy (non-hydrogen) atoms. The van der Waals surface area contributed by atoms with Crippen LogP contribution in [-0.2, 0) is 4.74 Å². The Balaban J connectivity index is 1.47. The number of carbonyl (C=O) groups is 1. The summed E-state index contributed by atoms with van der Waals surface area (Å²) < 4.78 is 7.28. The van der Waals surface area contributed by atoms with Gasteiger partial charge < -0.3 is 14.7 Å². The molecular weight excluding hydrogens is 480 g/mol. The van der Waals surface area contributed by atoms with E-state index >= 15 is 0 Å². The zero-order chi connectivity index (χ0) is 26.2. The number of rotatable bonds is 6. The number of hydrogen-bond acceptors (Lipinski definition) is 7. The second-order valence-electron chi connectivity index (χ2n) is 10.0. The highest BCUT2D eigenvalue weighted by atomic mass is 16.5. The molecule has 0 radical (unpaired) electrons. The molecule has 2 aliphatic rings. The molecule has 1 saturated heterocycles. The van der Waals surface area contributed by atoms with Gasteiger partial charge in [0.15, 0.2) is 11.3 Å². The molecule has 0 amide bonds. The van der Waals surface area contributed by atoms with E-state index in [4.69, 9.17) is 14.8 Å². The van der Waals surface area contributed by atoms with E-state index in [9.17, 15) is 15.2 Å². The first-order chi connectivity index (χ1) is 18.6. The van der Waals surface area contributed by atoms with Gasteiger partial charge >= 0.3 is 5.97 Å². The average molecular weight is 509 g/mol. The van der Waals surface area contributed by atoms with Gasteiger partial charge in [0.1, 0.15) is 5.82 Å². The largest absolute Gasteiger partial charge is 0.477 e. The Hall–Kier alpha value is -4.29. The molecule has 192 valence electrons. The van der Waals surface area contributed by atoms with Crippen molar-refractivity contribution in [3.8, 4) is 22.9 Å².